The zero-order chi connectivity index (χ0) is 17.1. The summed E-state index contributed by atoms with van der Waals surface area (Å²) in [5.41, 5.74) is 0. The molecule has 0 aromatic carbocycles. The molecule has 4 heteroatoms. The van der Waals surface area contributed by atoms with E-state index in [9.17, 15) is 0 Å². The van der Waals surface area contributed by atoms with Gasteiger partial charge >= 0.3 is 0 Å². The van der Waals surface area contributed by atoms with Gasteiger partial charge in [0.25, 0.3) is 0 Å². The number of thioether (sulfide) groups is 1. The predicted molar refractivity (Wildman–Crippen MR) is 114 cm³/mol. The summed E-state index contributed by atoms with van der Waals surface area (Å²) >= 11 is 7.52. The van der Waals surface area contributed by atoms with Gasteiger partial charge in [-0.05, 0) is 55.1 Å². The molecule has 0 saturated heterocycles. The van der Waals surface area contributed by atoms with Crippen LogP contribution in [0.25, 0.3) is 0 Å². The van der Waals surface area contributed by atoms with Crippen molar-refractivity contribution < 1.29 is 4.18 Å². The molecule has 0 bridgehead atoms. The van der Waals surface area contributed by atoms with Gasteiger partial charge in [0.15, 0.2) is 0 Å². The van der Waals surface area contributed by atoms with Crippen LogP contribution in [0.2, 0.25) is 0 Å². The van der Waals surface area contributed by atoms with Crippen LogP contribution >= 0.6 is 36.0 Å². The van der Waals surface area contributed by atoms with Crippen LogP contribution in [0, 0.1) is 11.8 Å². The highest BCUT2D eigenvalue weighted by Gasteiger charge is 1.94. The molecule has 1 heterocycles. The minimum atomic E-state index is 0.775. The van der Waals surface area contributed by atoms with Crippen LogP contribution in [0.5, 0.6) is 0 Å². The SMILES string of the molecule is SOCCCSCCCCCCCCCCCC#Cc1cccs1. The first-order valence-electron chi connectivity index (χ1n) is 9.30. The van der Waals surface area contributed by atoms with Crippen LogP contribution in [-0.4, -0.2) is 18.1 Å². The van der Waals surface area contributed by atoms with Gasteiger partial charge in [0, 0.05) is 6.42 Å². The number of hydrogen-bond donors (Lipinski definition) is 1. The number of thiol groups is 1. The van der Waals surface area contributed by atoms with Gasteiger partial charge in [0.2, 0.25) is 0 Å². The molecule has 0 spiro atoms. The summed E-state index contributed by atoms with van der Waals surface area (Å²) in [7, 11) is 0. The molecule has 136 valence electrons. The third-order valence-electron chi connectivity index (χ3n) is 3.85. The van der Waals surface area contributed by atoms with Crippen molar-refractivity contribution in [3.8, 4) is 11.8 Å². The zero-order valence-corrected chi connectivity index (χ0v) is 17.3. The summed E-state index contributed by atoms with van der Waals surface area (Å²) in [5, 5.41) is 2.09. The highest BCUT2D eigenvalue weighted by Crippen LogP contribution is 2.13. The molecule has 0 radical (unpaired) electrons. The van der Waals surface area contributed by atoms with Gasteiger partial charge < -0.3 is 4.18 Å². The fourth-order valence-corrected chi connectivity index (χ4v) is 4.14. The van der Waals surface area contributed by atoms with E-state index in [-0.39, 0.29) is 0 Å². The summed E-state index contributed by atoms with van der Waals surface area (Å²) in [4.78, 5) is 1.19. The van der Waals surface area contributed by atoms with E-state index in [1.54, 1.807) is 11.3 Å². The van der Waals surface area contributed by atoms with Gasteiger partial charge in [-0.15, -0.1) is 11.3 Å². The maximum atomic E-state index is 4.75. The second-order valence-electron chi connectivity index (χ2n) is 6.01. The van der Waals surface area contributed by atoms with Crippen LogP contribution in [0.3, 0.4) is 0 Å². The van der Waals surface area contributed by atoms with Crippen molar-refractivity contribution in [2.75, 3.05) is 18.1 Å². The second-order valence-corrected chi connectivity index (χ2v) is 8.44. The van der Waals surface area contributed by atoms with Crippen molar-refractivity contribution in [2.24, 2.45) is 0 Å². The lowest BCUT2D eigenvalue weighted by atomic mass is 10.1. The second kappa shape index (κ2) is 17.7. The minimum absolute atomic E-state index is 0.775. The summed E-state index contributed by atoms with van der Waals surface area (Å²) in [6.07, 6.45) is 14.5. The lowest BCUT2D eigenvalue weighted by Gasteiger charge is -2.03. The molecule has 0 saturated carbocycles. The number of thiophene rings is 1. The predicted octanol–water partition coefficient (Wildman–Crippen LogP) is 6.99. The van der Waals surface area contributed by atoms with Crippen molar-refractivity contribution >= 4 is 36.0 Å². The summed E-state index contributed by atoms with van der Waals surface area (Å²) in [6, 6.07) is 4.16. The van der Waals surface area contributed by atoms with Gasteiger partial charge in [0.1, 0.15) is 0 Å². The van der Waals surface area contributed by atoms with Gasteiger partial charge in [-0.1, -0.05) is 62.9 Å². The normalized spacial score (nSPS) is 10.5. The first kappa shape index (κ1) is 22.0. The highest BCUT2D eigenvalue weighted by molar-refractivity contribution is 7.99. The van der Waals surface area contributed by atoms with E-state index in [0.717, 1.165) is 19.4 Å². The fourth-order valence-electron chi connectivity index (χ4n) is 2.48. The van der Waals surface area contributed by atoms with Crippen molar-refractivity contribution in [1.82, 2.24) is 0 Å². The van der Waals surface area contributed by atoms with E-state index in [0.29, 0.717) is 0 Å². The average Bonchev–Trinajstić information content (AvgIpc) is 3.11. The van der Waals surface area contributed by atoms with Gasteiger partial charge in [-0.3, -0.25) is 0 Å². The Kier molecular flexibility index (Phi) is 16.2. The molecule has 0 unspecified atom stereocenters. The number of rotatable bonds is 15. The zero-order valence-electron chi connectivity index (χ0n) is 14.8. The molecule has 0 amide bonds. The van der Waals surface area contributed by atoms with Crippen LogP contribution < -0.4 is 0 Å². The maximum Gasteiger partial charge on any atom is 0.0768 e. The molecule has 1 aromatic rings. The van der Waals surface area contributed by atoms with E-state index in [1.807, 2.05) is 11.8 Å². The molecule has 1 aromatic heterocycles. The van der Waals surface area contributed by atoms with Gasteiger partial charge in [-0.2, -0.15) is 11.8 Å². The largest absolute Gasteiger partial charge is 0.318 e. The third-order valence-corrected chi connectivity index (χ3v) is 5.97. The number of hydrogen-bond acceptors (Lipinski definition) is 4. The molecular weight excluding hydrogens is 352 g/mol. The molecule has 0 fully saturated rings. The van der Waals surface area contributed by atoms with E-state index >= 15 is 0 Å². The summed E-state index contributed by atoms with van der Waals surface area (Å²) < 4.78 is 4.75. The Hall–Kier alpha value is -0.0800. The monoisotopic (exact) mass is 384 g/mol. The Morgan fingerprint density at radius 1 is 0.917 bits per heavy atom. The molecule has 0 aliphatic rings. The average molecular weight is 385 g/mol. The van der Waals surface area contributed by atoms with Crippen molar-refractivity contribution in [1.29, 1.82) is 0 Å². The Balaban J connectivity index is 1.72. The van der Waals surface area contributed by atoms with Crippen LogP contribution in [-0.2, 0) is 4.18 Å². The summed E-state index contributed by atoms with van der Waals surface area (Å²) in [5.74, 6) is 9.02. The first-order chi connectivity index (χ1) is 11.9. The quantitative estimate of drug-likeness (QED) is 0.151. The molecular formula is C20H32OS3. The first-order valence-corrected chi connectivity index (χ1v) is 11.7. The fraction of sp³-hybridized carbons (Fsp3) is 0.700. The molecule has 1 nitrogen and oxygen atoms in total. The Labute approximate surface area is 163 Å². The maximum absolute atomic E-state index is 4.75. The lowest BCUT2D eigenvalue weighted by Crippen LogP contribution is -1.89. The van der Waals surface area contributed by atoms with E-state index < -0.39 is 0 Å². The van der Waals surface area contributed by atoms with E-state index in [4.69, 9.17) is 4.18 Å². The van der Waals surface area contributed by atoms with Crippen molar-refractivity contribution in [3.63, 3.8) is 0 Å². The standard InChI is InChI=1S/C20H32OS3/c22-21-16-13-18-23-17-11-9-7-5-3-1-2-4-6-8-10-14-20-15-12-19-24-20/h12,15,19,22H,1-9,11,13,16-18H2. The molecule has 24 heavy (non-hydrogen) atoms. The molecule has 1 rings (SSSR count). The van der Waals surface area contributed by atoms with Crippen LogP contribution in [0.15, 0.2) is 17.5 Å². The van der Waals surface area contributed by atoms with Gasteiger partial charge in [0.05, 0.1) is 11.5 Å². The van der Waals surface area contributed by atoms with Gasteiger partial charge in [-0.25, -0.2) is 0 Å². The minimum Gasteiger partial charge on any atom is -0.318 e. The number of unbranched alkanes of at least 4 members (excludes halogenated alkanes) is 9. The van der Waals surface area contributed by atoms with Crippen molar-refractivity contribution in [2.45, 2.75) is 70.6 Å². The van der Waals surface area contributed by atoms with Crippen LogP contribution in [0.1, 0.15) is 75.5 Å². The molecule has 0 atom stereocenters. The van der Waals surface area contributed by atoms with Crippen molar-refractivity contribution in [3.05, 3.63) is 22.4 Å². The topological polar surface area (TPSA) is 9.23 Å². The lowest BCUT2D eigenvalue weighted by molar-refractivity contribution is 0.382. The molecule has 0 aliphatic heterocycles. The van der Waals surface area contributed by atoms with Crippen LogP contribution in [0.4, 0.5) is 0 Å². The Morgan fingerprint density at radius 2 is 1.58 bits per heavy atom. The summed E-state index contributed by atoms with van der Waals surface area (Å²) in [6.45, 7) is 0.775. The van der Waals surface area contributed by atoms with E-state index in [1.165, 1.54) is 74.2 Å². The Bertz CT molecular complexity index is 420. The molecule has 0 N–H and O–H groups in total. The third kappa shape index (κ3) is 14.3. The smallest absolute Gasteiger partial charge is 0.0768 e. The van der Waals surface area contributed by atoms with E-state index in [2.05, 4.69) is 42.3 Å². The molecule has 0 aliphatic carbocycles. The highest BCUT2D eigenvalue weighted by atomic mass is 32.2. The Morgan fingerprint density at radius 3 is 2.25 bits per heavy atom.